The third-order valence-electron chi connectivity index (χ3n) is 5.47. The van der Waals surface area contributed by atoms with Crippen molar-refractivity contribution in [2.45, 2.75) is 13.5 Å². The number of amides is 1. The highest BCUT2D eigenvalue weighted by Gasteiger charge is 2.21. The number of nitrogens with one attached hydrogen (secondary N) is 2. The summed E-state index contributed by atoms with van der Waals surface area (Å²) in [6, 6.07) is 17.9. The Bertz CT molecular complexity index is 1030. The predicted molar refractivity (Wildman–Crippen MR) is 123 cm³/mol. The van der Waals surface area contributed by atoms with E-state index in [1.54, 1.807) is 6.07 Å². The SMILES string of the molecule is Cc1ccccc1C(=O)NNc1ncnc(N2CCN(Cc3ccccc3)CC2)c1N. The molecule has 1 fully saturated rings. The van der Waals surface area contributed by atoms with Gasteiger partial charge in [0.05, 0.1) is 0 Å². The normalized spacial score (nSPS) is 14.3. The van der Waals surface area contributed by atoms with Crippen LogP contribution in [0, 0.1) is 6.92 Å². The highest BCUT2D eigenvalue weighted by Crippen LogP contribution is 2.26. The quantitative estimate of drug-likeness (QED) is 0.530. The number of anilines is 3. The highest BCUT2D eigenvalue weighted by atomic mass is 16.2. The molecule has 1 amide bonds. The van der Waals surface area contributed by atoms with Crippen molar-refractivity contribution in [3.8, 4) is 0 Å². The lowest BCUT2D eigenvalue weighted by atomic mass is 10.1. The highest BCUT2D eigenvalue weighted by molar-refractivity contribution is 5.96. The van der Waals surface area contributed by atoms with Gasteiger partial charge in [-0.25, -0.2) is 9.97 Å². The van der Waals surface area contributed by atoms with Crippen molar-refractivity contribution >= 4 is 23.2 Å². The van der Waals surface area contributed by atoms with Gasteiger partial charge in [0.15, 0.2) is 11.6 Å². The Labute approximate surface area is 182 Å². The van der Waals surface area contributed by atoms with Gasteiger partial charge in [0.1, 0.15) is 12.0 Å². The number of hydrogen-bond acceptors (Lipinski definition) is 7. The summed E-state index contributed by atoms with van der Waals surface area (Å²) >= 11 is 0. The maximum atomic E-state index is 12.4. The van der Waals surface area contributed by atoms with Crippen molar-refractivity contribution in [3.63, 3.8) is 0 Å². The number of rotatable bonds is 6. The van der Waals surface area contributed by atoms with E-state index in [4.69, 9.17) is 5.73 Å². The maximum Gasteiger partial charge on any atom is 0.269 e. The van der Waals surface area contributed by atoms with Crippen molar-refractivity contribution in [2.24, 2.45) is 0 Å². The van der Waals surface area contributed by atoms with E-state index in [1.165, 1.54) is 11.9 Å². The van der Waals surface area contributed by atoms with Gasteiger partial charge >= 0.3 is 0 Å². The van der Waals surface area contributed by atoms with E-state index in [9.17, 15) is 4.79 Å². The lowest BCUT2D eigenvalue weighted by Crippen LogP contribution is -2.46. The molecule has 0 aliphatic carbocycles. The summed E-state index contributed by atoms with van der Waals surface area (Å²) in [6.45, 7) is 6.32. The van der Waals surface area contributed by atoms with E-state index >= 15 is 0 Å². The first-order valence-electron chi connectivity index (χ1n) is 10.4. The van der Waals surface area contributed by atoms with Gasteiger partial charge in [-0.2, -0.15) is 0 Å². The number of nitrogens with zero attached hydrogens (tertiary/aromatic N) is 4. The number of benzene rings is 2. The van der Waals surface area contributed by atoms with Crippen molar-refractivity contribution in [1.82, 2.24) is 20.3 Å². The van der Waals surface area contributed by atoms with Gasteiger partial charge in [-0.15, -0.1) is 0 Å². The Morgan fingerprint density at radius 2 is 1.71 bits per heavy atom. The molecule has 0 unspecified atom stereocenters. The summed E-state index contributed by atoms with van der Waals surface area (Å²) in [5.74, 6) is 0.827. The zero-order chi connectivity index (χ0) is 21.6. The Kier molecular flexibility index (Phi) is 6.28. The monoisotopic (exact) mass is 417 g/mol. The molecule has 3 aromatic rings. The topological polar surface area (TPSA) is 99.4 Å². The largest absolute Gasteiger partial charge is 0.393 e. The number of nitrogen functional groups attached to an aromatic ring is 1. The average molecular weight is 418 g/mol. The summed E-state index contributed by atoms with van der Waals surface area (Å²) < 4.78 is 0. The molecule has 1 saturated heterocycles. The van der Waals surface area contributed by atoms with E-state index in [1.807, 2.05) is 31.2 Å². The summed E-state index contributed by atoms with van der Waals surface area (Å²) in [5.41, 5.74) is 15.1. The Morgan fingerprint density at radius 1 is 1.00 bits per heavy atom. The lowest BCUT2D eigenvalue weighted by molar-refractivity contribution is 0.0962. The molecule has 1 aromatic heterocycles. The molecule has 1 aliphatic heterocycles. The van der Waals surface area contributed by atoms with Gasteiger partial charge in [0.2, 0.25) is 0 Å². The van der Waals surface area contributed by atoms with E-state index in [-0.39, 0.29) is 5.91 Å². The zero-order valence-electron chi connectivity index (χ0n) is 17.6. The molecule has 2 heterocycles. The standard InChI is InChI=1S/C23H27N7O/c1-17-7-5-6-10-19(17)23(31)28-27-21-20(24)22(26-16-25-21)30-13-11-29(12-14-30)15-18-8-3-2-4-9-18/h2-10,16H,11-15,24H2,1H3,(H,28,31)(H,25,26,27). The number of aromatic nitrogens is 2. The van der Waals surface area contributed by atoms with Crippen LogP contribution in [0.3, 0.4) is 0 Å². The molecule has 0 radical (unpaired) electrons. The van der Waals surface area contributed by atoms with E-state index < -0.39 is 0 Å². The molecule has 160 valence electrons. The van der Waals surface area contributed by atoms with Crippen LogP contribution >= 0.6 is 0 Å². The van der Waals surface area contributed by atoms with Crippen molar-refractivity contribution in [2.75, 3.05) is 42.2 Å². The fourth-order valence-corrected chi connectivity index (χ4v) is 3.71. The van der Waals surface area contributed by atoms with Crippen molar-refractivity contribution in [3.05, 3.63) is 77.6 Å². The van der Waals surface area contributed by atoms with Crippen LogP contribution in [0.5, 0.6) is 0 Å². The molecule has 0 saturated carbocycles. The Hall–Kier alpha value is -3.65. The first-order chi connectivity index (χ1) is 15.1. The first-order valence-corrected chi connectivity index (χ1v) is 10.4. The Morgan fingerprint density at radius 3 is 2.45 bits per heavy atom. The molecular weight excluding hydrogens is 390 g/mol. The third-order valence-corrected chi connectivity index (χ3v) is 5.47. The van der Waals surface area contributed by atoms with Gasteiger partial charge in [-0.1, -0.05) is 48.5 Å². The molecule has 8 heteroatoms. The van der Waals surface area contributed by atoms with Crippen LogP contribution < -0.4 is 21.5 Å². The molecule has 0 bridgehead atoms. The molecule has 1 aliphatic rings. The average Bonchev–Trinajstić information content (AvgIpc) is 2.80. The van der Waals surface area contributed by atoms with Crippen LogP contribution in [-0.4, -0.2) is 47.0 Å². The molecule has 0 spiro atoms. The molecular formula is C23H27N7O. The van der Waals surface area contributed by atoms with E-state index in [2.05, 4.69) is 54.9 Å². The number of hydrazine groups is 1. The Balaban J connectivity index is 1.37. The molecule has 4 rings (SSSR count). The van der Waals surface area contributed by atoms with E-state index in [0.29, 0.717) is 22.9 Å². The maximum absolute atomic E-state index is 12.4. The van der Waals surface area contributed by atoms with Gasteiger partial charge in [0, 0.05) is 38.3 Å². The molecule has 4 N–H and O–H groups in total. The van der Waals surface area contributed by atoms with Crippen molar-refractivity contribution in [1.29, 1.82) is 0 Å². The van der Waals surface area contributed by atoms with Crippen LogP contribution in [0.1, 0.15) is 21.5 Å². The van der Waals surface area contributed by atoms with E-state index in [0.717, 1.165) is 38.3 Å². The van der Waals surface area contributed by atoms with Gasteiger partial charge in [0.25, 0.3) is 5.91 Å². The van der Waals surface area contributed by atoms with Crippen LogP contribution in [0.25, 0.3) is 0 Å². The number of carbonyl (C=O) groups is 1. The number of piperazine rings is 1. The number of nitrogens with two attached hydrogens (primary N) is 1. The van der Waals surface area contributed by atoms with Gasteiger partial charge in [-0.05, 0) is 24.1 Å². The molecule has 2 aromatic carbocycles. The summed E-state index contributed by atoms with van der Waals surface area (Å²) in [5, 5.41) is 0. The fraction of sp³-hybridized carbons (Fsp3) is 0.261. The number of hydrogen-bond donors (Lipinski definition) is 3. The summed E-state index contributed by atoms with van der Waals surface area (Å²) in [4.78, 5) is 25.6. The molecule has 0 atom stereocenters. The number of carbonyl (C=O) groups excluding carboxylic acids is 1. The second-order valence-electron chi connectivity index (χ2n) is 7.60. The van der Waals surface area contributed by atoms with Gasteiger partial charge < -0.3 is 10.6 Å². The minimum absolute atomic E-state index is 0.243. The minimum Gasteiger partial charge on any atom is -0.393 e. The first kappa shape index (κ1) is 20.6. The van der Waals surface area contributed by atoms with Crippen molar-refractivity contribution < 1.29 is 4.79 Å². The molecule has 8 nitrogen and oxygen atoms in total. The smallest absolute Gasteiger partial charge is 0.269 e. The predicted octanol–water partition coefficient (Wildman–Crippen LogP) is 2.45. The summed E-state index contributed by atoms with van der Waals surface area (Å²) in [6.07, 6.45) is 1.46. The van der Waals surface area contributed by atoms with Gasteiger partial charge in [-0.3, -0.25) is 20.5 Å². The van der Waals surface area contributed by atoms with Crippen LogP contribution in [-0.2, 0) is 6.54 Å². The molecule has 31 heavy (non-hydrogen) atoms. The number of aryl methyl sites for hydroxylation is 1. The second kappa shape index (κ2) is 9.44. The van der Waals surface area contributed by atoms with Crippen LogP contribution in [0.2, 0.25) is 0 Å². The second-order valence-corrected chi connectivity index (χ2v) is 7.60. The third kappa shape index (κ3) is 4.92. The minimum atomic E-state index is -0.243. The van der Waals surface area contributed by atoms with Crippen LogP contribution in [0.15, 0.2) is 60.9 Å². The summed E-state index contributed by atoms with van der Waals surface area (Å²) in [7, 11) is 0. The zero-order valence-corrected chi connectivity index (χ0v) is 17.6. The fourth-order valence-electron chi connectivity index (χ4n) is 3.71. The lowest BCUT2D eigenvalue weighted by Gasteiger charge is -2.36. The van der Waals surface area contributed by atoms with Crippen LogP contribution in [0.4, 0.5) is 17.3 Å².